The summed E-state index contributed by atoms with van der Waals surface area (Å²) in [5, 5.41) is 3.45. The summed E-state index contributed by atoms with van der Waals surface area (Å²) in [5.74, 6) is 0.292. The van der Waals surface area contributed by atoms with E-state index in [9.17, 15) is 4.79 Å². The number of carbonyl (C=O) groups is 1. The van der Waals surface area contributed by atoms with Gasteiger partial charge in [-0.25, -0.2) is 0 Å². The molecule has 0 radical (unpaired) electrons. The van der Waals surface area contributed by atoms with Gasteiger partial charge in [0.15, 0.2) is 0 Å². The Kier molecular flexibility index (Phi) is 7.18. The van der Waals surface area contributed by atoms with Crippen LogP contribution in [0.2, 0.25) is 0 Å². The second-order valence-electron chi connectivity index (χ2n) is 5.99. The fourth-order valence-corrected chi connectivity index (χ4v) is 2.51. The first-order chi connectivity index (χ1) is 9.81. The number of primary amides is 1. The standard InChI is InChI=1S/C16H26BrN3O/c1-11(2)8-19-9-13-5-6-14(17)7-15(13)20(12(3)4)10-16(18)21/h5-7,11-12,19H,8-10H2,1-4H3,(H2,18,21). The third-order valence-electron chi connectivity index (χ3n) is 3.17. The SMILES string of the molecule is CC(C)CNCc1ccc(Br)cc1N(CC(N)=O)C(C)C. The van der Waals surface area contributed by atoms with Crippen molar-refractivity contribution in [2.45, 2.75) is 40.3 Å². The van der Waals surface area contributed by atoms with Gasteiger partial charge in [0.25, 0.3) is 0 Å². The highest BCUT2D eigenvalue weighted by molar-refractivity contribution is 9.10. The molecular weight excluding hydrogens is 330 g/mol. The predicted octanol–water partition coefficient (Wildman–Crippen LogP) is 2.89. The molecule has 0 saturated carbocycles. The molecule has 21 heavy (non-hydrogen) atoms. The van der Waals surface area contributed by atoms with Crippen LogP contribution < -0.4 is 16.0 Å². The zero-order valence-electron chi connectivity index (χ0n) is 13.3. The van der Waals surface area contributed by atoms with Crippen LogP contribution in [0, 0.1) is 5.92 Å². The molecule has 4 nitrogen and oxygen atoms in total. The molecule has 3 N–H and O–H groups in total. The summed E-state index contributed by atoms with van der Waals surface area (Å²) in [6, 6.07) is 6.37. The maximum atomic E-state index is 11.3. The molecule has 1 amide bonds. The number of nitrogens with one attached hydrogen (secondary N) is 1. The summed E-state index contributed by atoms with van der Waals surface area (Å²) in [6.45, 7) is 10.5. The predicted molar refractivity (Wildman–Crippen MR) is 92.4 cm³/mol. The fourth-order valence-electron chi connectivity index (χ4n) is 2.16. The average Bonchev–Trinajstić information content (AvgIpc) is 2.37. The molecule has 0 atom stereocenters. The molecule has 0 fully saturated rings. The Hall–Kier alpha value is -1.07. The number of nitrogens with two attached hydrogens (primary N) is 1. The van der Waals surface area contributed by atoms with Gasteiger partial charge in [0.1, 0.15) is 0 Å². The summed E-state index contributed by atoms with van der Waals surface area (Å²) in [4.78, 5) is 13.4. The lowest BCUT2D eigenvalue weighted by Crippen LogP contribution is -2.39. The van der Waals surface area contributed by atoms with Gasteiger partial charge in [-0.1, -0.05) is 35.8 Å². The van der Waals surface area contributed by atoms with Crippen LogP contribution in [-0.4, -0.2) is 25.0 Å². The molecule has 0 bridgehead atoms. The van der Waals surface area contributed by atoms with E-state index in [1.54, 1.807) is 0 Å². The van der Waals surface area contributed by atoms with Crippen LogP contribution in [0.25, 0.3) is 0 Å². The minimum absolute atomic E-state index is 0.204. The van der Waals surface area contributed by atoms with Crippen molar-refractivity contribution in [2.24, 2.45) is 11.7 Å². The number of amides is 1. The van der Waals surface area contributed by atoms with Crippen LogP contribution in [0.5, 0.6) is 0 Å². The Morgan fingerprint density at radius 3 is 2.52 bits per heavy atom. The van der Waals surface area contributed by atoms with E-state index in [4.69, 9.17) is 5.73 Å². The van der Waals surface area contributed by atoms with Gasteiger partial charge >= 0.3 is 0 Å². The van der Waals surface area contributed by atoms with Crippen molar-refractivity contribution in [1.82, 2.24) is 5.32 Å². The van der Waals surface area contributed by atoms with Crippen LogP contribution in [0.1, 0.15) is 33.3 Å². The highest BCUT2D eigenvalue weighted by atomic mass is 79.9. The molecule has 0 aliphatic carbocycles. The molecule has 0 spiro atoms. The van der Waals surface area contributed by atoms with Gasteiger partial charge in [-0.15, -0.1) is 0 Å². The molecule has 0 unspecified atom stereocenters. The number of hydrogen-bond acceptors (Lipinski definition) is 3. The Bertz CT molecular complexity index is 475. The number of anilines is 1. The first kappa shape index (κ1) is 18.0. The second-order valence-corrected chi connectivity index (χ2v) is 6.90. The summed E-state index contributed by atoms with van der Waals surface area (Å²) < 4.78 is 1.00. The first-order valence-corrected chi connectivity index (χ1v) is 8.14. The summed E-state index contributed by atoms with van der Waals surface area (Å²) in [7, 11) is 0. The number of rotatable bonds is 8. The first-order valence-electron chi connectivity index (χ1n) is 7.35. The lowest BCUT2D eigenvalue weighted by atomic mass is 10.1. The number of halogens is 1. The van der Waals surface area contributed by atoms with E-state index in [1.807, 2.05) is 11.0 Å². The summed E-state index contributed by atoms with van der Waals surface area (Å²) >= 11 is 3.51. The zero-order chi connectivity index (χ0) is 16.0. The van der Waals surface area contributed by atoms with E-state index in [1.165, 1.54) is 5.56 Å². The normalized spacial score (nSPS) is 11.2. The van der Waals surface area contributed by atoms with Crippen molar-refractivity contribution in [3.63, 3.8) is 0 Å². The average molecular weight is 356 g/mol. The van der Waals surface area contributed by atoms with Crippen molar-refractivity contribution in [1.29, 1.82) is 0 Å². The largest absolute Gasteiger partial charge is 0.368 e. The highest BCUT2D eigenvalue weighted by Crippen LogP contribution is 2.26. The molecule has 1 rings (SSSR count). The van der Waals surface area contributed by atoms with Gasteiger partial charge < -0.3 is 16.0 Å². The van der Waals surface area contributed by atoms with E-state index < -0.39 is 0 Å². The molecule has 0 aromatic heterocycles. The fraction of sp³-hybridized carbons (Fsp3) is 0.562. The van der Waals surface area contributed by atoms with E-state index in [0.29, 0.717) is 5.92 Å². The third kappa shape index (κ3) is 6.06. The van der Waals surface area contributed by atoms with E-state index >= 15 is 0 Å². The van der Waals surface area contributed by atoms with Crippen LogP contribution in [0.15, 0.2) is 22.7 Å². The minimum Gasteiger partial charge on any atom is -0.368 e. The van der Waals surface area contributed by atoms with Gasteiger partial charge in [0.2, 0.25) is 5.91 Å². The number of hydrogen-bond donors (Lipinski definition) is 2. The highest BCUT2D eigenvalue weighted by Gasteiger charge is 2.17. The smallest absolute Gasteiger partial charge is 0.236 e. The molecule has 0 aliphatic rings. The monoisotopic (exact) mass is 355 g/mol. The molecule has 1 aromatic carbocycles. The van der Waals surface area contributed by atoms with E-state index in [0.717, 1.165) is 23.2 Å². The Labute approximate surface area is 136 Å². The molecule has 5 heteroatoms. The van der Waals surface area contributed by atoms with Crippen LogP contribution >= 0.6 is 15.9 Å². The van der Waals surface area contributed by atoms with E-state index in [-0.39, 0.29) is 18.5 Å². The lowest BCUT2D eigenvalue weighted by Gasteiger charge is -2.30. The van der Waals surface area contributed by atoms with Gasteiger partial charge in [-0.2, -0.15) is 0 Å². The van der Waals surface area contributed by atoms with Crippen LogP contribution in [0.3, 0.4) is 0 Å². The van der Waals surface area contributed by atoms with Crippen molar-refractivity contribution < 1.29 is 4.79 Å². The van der Waals surface area contributed by atoms with Crippen LogP contribution in [0.4, 0.5) is 5.69 Å². The maximum Gasteiger partial charge on any atom is 0.236 e. The molecule has 0 saturated heterocycles. The van der Waals surface area contributed by atoms with E-state index in [2.05, 4.69) is 61.1 Å². The Morgan fingerprint density at radius 1 is 1.33 bits per heavy atom. The molecule has 0 heterocycles. The Balaban J connectivity index is 3.00. The zero-order valence-corrected chi connectivity index (χ0v) is 14.9. The number of carbonyl (C=O) groups excluding carboxylic acids is 1. The summed E-state index contributed by atoms with van der Waals surface area (Å²) in [6.07, 6.45) is 0. The number of nitrogens with zero attached hydrogens (tertiary/aromatic N) is 1. The molecular formula is C16H26BrN3O. The maximum absolute atomic E-state index is 11.3. The van der Waals surface area contributed by atoms with Crippen molar-refractivity contribution in [2.75, 3.05) is 18.0 Å². The summed E-state index contributed by atoms with van der Waals surface area (Å²) in [5.41, 5.74) is 7.61. The third-order valence-corrected chi connectivity index (χ3v) is 3.67. The van der Waals surface area contributed by atoms with Crippen molar-refractivity contribution in [3.8, 4) is 0 Å². The topological polar surface area (TPSA) is 58.4 Å². The molecule has 118 valence electrons. The van der Waals surface area contributed by atoms with Gasteiger partial charge in [-0.3, -0.25) is 4.79 Å². The van der Waals surface area contributed by atoms with Gasteiger partial charge in [0.05, 0.1) is 6.54 Å². The van der Waals surface area contributed by atoms with Crippen molar-refractivity contribution >= 4 is 27.5 Å². The molecule has 0 aliphatic heterocycles. The quantitative estimate of drug-likeness (QED) is 0.753. The van der Waals surface area contributed by atoms with Crippen molar-refractivity contribution in [3.05, 3.63) is 28.2 Å². The minimum atomic E-state index is -0.315. The van der Waals surface area contributed by atoms with Crippen LogP contribution in [-0.2, 0) is 11.3 Å². The lowest BCUT2D eigenvalue weighted by molar-refractivity contribution is -0.116. The second kappa shape index (κ2) is 8.39. The molecule has 1 aromatic rings. The van der Waals surface area contributed by atoms with Gasteiger partial charge in [-0.05, 0) is 44.0 Å². The number of benzene rings is 1. The van der Waals surface area contributed by atoms with Gasteiger partial charge in [0, 0.05) is 22.7 Å². The Morgan fingerprint density at radius 2 is 2.00 bits per heavy atom.